The summed E-state index contributed by atoms with van der Waals surface area (Å²) in [6.45, 7) is 3.92. The van der Waals surface area contributed by atoms with Crippen molar-refractivity contribution in [1.29, 1.82) is 0 Å². The van der Waals surface area contributed by atoms with E-state index in [0.29, 0.717) is 22.3 Å². The zero-order valence-corrected chi connectivity index (χ0v) is 19.6. The maximum Gasteiger partial charge on any atom is 0.262 e. The van der Waals surface area contributed by atoms with E-state index in [4.69, 9.17) is 22.1 Å². The number of halogens is 2. The van der Waals surface area contributed by atoms with Gasteiger partial charge in [0.25, 0.3) is 10.0 Å². The smallest absolute Gasteiger partial charge is 0.262 e. The molecule has 0 radical (unpaired) electrons. The van der Waals surface area contributed by atoms with Crippen molar-refractivity contribution in [3.05, 3.63) is 59.8 Å². The van der Waals surface area contributed by atoms with E-state index in [2.05, 4.69) is 14.7 Å². The fourth-order valence-corrected chi connectivity index (χ4v) is 4.95. The lowest BCUT2D eigenvalue weighted by molar-refractivity contribution is 0.414. The first-order valence-corrected chi connectivity index (χ1v) is 11.8. The van der Waals surface area contributed by atoms with Crippen LogP contribution >= 0.6 is 11.6 Å². The molecule has 0 saturated carbocycles. The number of methoxy groups -OCH3 is 1. The molecule has 4 aromatic rings. The number of nitrogens with two attached hydrogens (primary N) is 1. The largest absolute Gasteiger partial charge is 0.495 e. The molecular weight excluding hydrogens is 469 g/mol. The van der Waals surface area contributed by atoms with Crippen LogP contribution in [0.1, 0.15) is 19.9 Å². The number of fused-ring (bicyclic) bond motifs is 1. The predicted molar refractivity (Wildman–Crippen MR) is 127 cm³/mol. The second kappa shape index (κ2) is 8.53. The number of anilines is 2. The van der Waals surface area contributed by atoms with Gasteiger partial charge in [0, 0.05) is 23.4 Å². The van der Waals surface area contributed by atoms with Crippen molar-refractivity contribution in [3.8, 4) is 16.9 Å². The Morgan fingerprint density at radius 3 is 2.61 bits per heavy atom. The highest BCUT2D eigenvalue weighted by atomic mass is 35.5. The van der Waals surface area contributed by atoms with E-state index in [9.17, 15) is 8.42 Å². The summed E-state index contributed by atoms with van der Waals surface area (Å²) in [7, 11) is -2.71. The Kier molecular flexibility index (Phi) is 5.89. The molecule has 0 saturated heterocycles. The standard InChI is InChI=1S/C22H21ClFN5O3S/c1-12(2)29-10-15(19-21(25)26-11-27-22(19)29)14-5-4-6-17(20(14)24)28-33(30,31)13-7-8-18(32-3)16(23)9-13/h4-12,28H,1-3H3,(H2,25,26,27). The van der Waals surface area contributed by atoms with Gasteiger partial charge in [0.2, 0.25) is 0 Å². The van der Waals surface area contributed by atoms with Gasteiger partial charge in [-0.2, -0.15) is 0 Å². The number of benzene rings is 2. The van der Waals surface area contributed by atoms with E-state index < -0.39 is 15.8 Å². The second-order valence-corrected chi connectivity index (χ2v) is 9.66. The van der Waals surface area contributed by atoms with Crippen LogP contribution in [0.15, 0.2) is 53.8 Å². The molecule has 11 heteroatoms. The summed E-state index contributed by atoms with van der Waals surface area (Å²) in [6, 6.07) is 8.44. The van der Waals surface area contributed by atoms with Crippen molar-refractivity contribution in [2.75, 3.05) is 17.6 Å². The molecule has 0 fully saturated rings. The van der Waals surface area contributed by atoms with E-state index in [-0.39, 0.29) is 33.0 Å². The molecule has 2 heterocycles. The number of nitrogen functional groups attached to an aromatic ring is 1. The third-order valence-corrected chi connectivity index (χ3v) is 6.82. The summed E-state index contributed by atoms with van der Waals surface area (Å²) in [5.74, 6) is -0.232. The van der Waals surface area contributed by atoms with Crippen LogP contribution in [0.25, 0.3) is 22.2 Å². The van der Waals surface area contributed by atoms with Crippen LogP contribution in [-0.2, 0) is 10.0 Å². The Balaban J connectivity index is 1.81. The quantitative estimate of drug-likeness (QED) is 0.400. The number of sulfonamides is 1. The van der Waals surface area contributed by atoms with Crippen LogP contribution in [0.5, 0.6) is 5.75 Å². The second-order valence-electron chi connectivity index (χ2n) is 7.57. The van der Waals surface area contributed by atoms with Gasteiger partial charge in [-0.3, -0.25) is 4.72 Å². The van der Waals surface area contributed by atoms with Crippen LogP contribution in [0.2, 0.25) is 5.02 Å². The predicted octanol–water partition coefficient (Wildman–Crippen LogP) is 4.86. The molecule has 0 atom stereocenters. The number of nitrogens with zero attached hydrogens (tertiary/aromatic N) is 3. The number of nitrogens with one attached hydrogen (secondary N) is 1. The van der Waals surface area contributed by atoms with Crippen molar-refractivity contribution in [1.82, 2.24) is 14.5 Å². The minimum atomic E-state index is -4.13. The fourth-order valence-electron chi connectivity index (χ4n) is 3.54. The number of aromatic nitrogens is 3. The third kappa shape index (κ3) is 4.07. The summed E-state index contributed by atoms with van der Waals surface area (Å²) in [5.41, 5.74) is 7.05. The van der Waals surface area contributed by atoms with Gasteiger partial charge in [-0.15, -0.1) is 0 Å². The zero-order chi connectivity index (χ0) is 23.9. The van der Waals surface area contributed by atoms with Gasteiger partial charge in [0.1, 0.15) is 23.5 Å². The van der Waals surface area contributed by atoms with Gasteiger partial charge >= 0.3 is 0 Å². The summed E-state index contributed by atoms with van der Waals surface area (Å²) >= 11 is 6.06. The van der Waals surface area contributed by atoms with Gasteiger partial charge in [-0.1, -0.05) is 23.7 Å². The fraction of sp³-hybridized carbons (Fsp3) is 0.182. The molecule has 172 valence electrons. The minimum absolute atomic E-state index is 0.0279. The molecule has 0 amide bonds. The van der Waals surface area contributed by atoms with Crippen molar-refractivity contribution < 1.29 is 17.5 Å². The molecule has 8 nitrogen and oxygen atoms in total. The first kappa shape index (κ1) is 22.8. The number of hydrogen-bond acceptors (Lipinski definition) is 6. The topological polar surface area (TPSA) is 112 Å². The van der Waals surface area contributed by atoms with Gasteiger partial charge in [0.15, 0.2) is 5.82 Å². The first-order valence-electron chi connectivity index (χ1n) is 9.90. The Hall–Kier alpha value is -3.37. The Morgan fingerprint density at radius 2 is 1.94 bits per heavy atom. The molecular formula is C22H21ClFN5O3S. The molecule has 0 spiro atoms. The summed E-state index contributed by atoms with van der Waals surface area (Å²) in [5, 5.41) is 0.610. The summed E-state index contributed by atoms with van der Waals surface area (Å²) in [4.78, 5) is 8.20. The van der Waals surface area contributed by atoms with E-state index in [1.54, 1.807) is 18.3 Å². The average molecular weight is 490 g/mol. The highest BCUT2D eigenvalue weighted by molar-refractivity contribution is 7.92. The van der Waals surface area contributed by atoms with Crippen LogP contribution in [0, 0.1) is 5.82 Å². The Labute approximate surface area is 195 Å². The number of ether oxygens (including phenoxy) is 1. The maximum absolute atomic E-state index is 15.6. The van der Waals surface area contributed by atoms with Crippen LogP contribution in [0.4, 0.5) is 15.9 Å². The van der Waals surface area contributed by atoms with Crippen molar-refractivity contribution in [2.45, 2.75) is 24.8 Å². The van der Waals surface area contributed by atoms with Crippen molar-refractivity contribution in [3.63, 3.8) is 0 Å². The normalized spacial score (nSPS) is 11.8. The SMILES string of the molecule is COc1ccc(S(=O)(=O)Nc2cccc(-c3cn(C(C)C)c4ncnc(N)c34)c2F)cc1Cl. The highest BCUT2D eigenvalue weighted by Crippen LogP contribution is 2.37. The van der Waals surface area contributed by atoms with Gasteiger partial charge in [-0.25, -0.2) is 22.8 Å². The van der Waals surface area contributed by atoms with E-state index in [1.807, 2.05) is 18.4 Å². The van der Waals surface area contributed by atoms with Crippen LogP contribution < -0.4 is 15.2 Å². The minimum Gasteiger partial charge on any atom is -0.495 e. The molecule has 33 heavy (non-hydrogen) atoms. The molecule has 0 bridgehead atoms. The lowest BCUT2D eigenvalue weighted by Crippen LogP contribution is -2.14. The molecule has 4 rings (SSSR count). The lowest BCUT2D eigenvalue weighted by Gasteiger charge is -2.12. The molecule has 3 N–H and O–H groups in total. The van der Waals surface area contributed by atoms with Gasteiger partial charge in [0.05, 0.1) is 28.1 Å². The summed E-state index contributed by atoms with van der Waals surface area (Å²) < 4.78 is 50.6. The summed E-state index contributed by atoms with van der Waals surface area (Å²) in [6.07, 6.45) is 3.08. The molecule has 0 aliphatic rings. The van der Waals surface area contributed by atoms with Crippen molar-refractivity contribution >= 4 is 44.2 Å². The Bertz CT molecular complexity index is 1470. The van der Waals surface area contributed by atoms with Crippen LogP contribution in [0.3, 0.4) is 0 Å². The Morgan fingerprint density at radius 1 is 1.18 bits per heavy atom. The zero-order valence-electron chi connectivity index (χ0n) is 18.0. The monoisotopic (exact) mass is 489 g/mol. The molecule has 2 aromatic heterocycles. The molecule has 2 aromatic carbocycles. The molecule has 0 unspecified atom stereocenters. The highest BCUT2D eigenvalue weighted by Gasteiger charge is 2.23. The van der Waals surface area contributed by atoms with E-state index in [1.165, 1.54) is 37.7 Å². The van der Waals surface area contributed by atoms with E-state index in [0.717, 1.165) is 0 Å². The van der Waals surface area contributed by atoms with Crippen molar-refractivity contribution in [2.24, 2.45) is 0 Å². The van der Waals surface area contributed by atoms with E-state index >= 15 is 4.39 Å². The van der Waals surface area contributed by atoms with Crippen LogP contribution in [-0.4, -0.2) is 30.1 Å². The third-order valence-electron chi connectivity index (χ3n) is 5.16. The first-order chi connectivity index (χ1) is 15.6. The van der Waals surface area contributed by atoms with Gasteiger partial charge < -0.3 is 15.0 Å². The number of rotatable bonds is 6. The average Bonchev–Trinajstić information content (AvgIpc) is 3.16. The van der Waals surface area contributed by atoms with Gasteiger partial charge in [-0.05, 0) is 38.1 Å². The number of hydrogen-bond donors (Lipinski definition) is 2. The molecule has 0 aliphatic heterocycles. The maximum atomic E-state index is 15.6. The lowest BCUT2D eigenvalue weighted by atomic mass is 10.0. The molecule has 0 aliphatic carbocycles.